The molecule has 2 aliphatic rings. The van der Waals surface area contributed by atoms with Crippen molar-refractivity contribution < 1.29 is 28.6 Å². The third-order valence-corrected chi connectivity index (χ3v) is 13.3. The molecule has 0 amide bonds. The summed E-state index contributed by atoms with van der Waals surface area (Å²) in [4.78, 5) is 0. The van der Waals surface area contributed by atoms with E-state index in [2.05, 4.69) is 140 Å². The molecule has 7 rings (SSSR count). The second kappa shape index (κ2) is 11.3. The predicted molar refractivity (Wildman–Crippen MR) is 150 cm³/mol. The Bertz CT molecular complexity index is 1500. The third-order valence-electron chi connectivity index (χ3n) is 7.36. The molecule has 5 aromatic carbocycles. The van der Waals surface area contributed by atoms with E-state index in [-0.39, 0.29) is 9.41 Å². The first-order chi connectivity index (χ1) is 17.9. The normalized spacial score (nSPS) is 14.9. The minimum atomic E-state index is -0.600. The summed E-state index contributed by atoms with van der Waals surface area (Å²) in [5.41, 5.74) is 8.89. The quantitative estimate of drug-likeness (QED) is 0.232. The van der Waals surface area contributed by atoms with Crippen LogP contribution in [0.1, 0.15) is 30.7 Å². The van der Waals surface area contributed by atoms with E-state index in [4.69, 9.17) is 0 Å². The van der Waals surface area contributed by atoms with E-state index in [1.165, 1.54) is 44.0 Å². The molecule has 184 valence electrons. The number of allylic oxidation sites excluding steroid dienone is 1. The number of hydrogen-bond donors (Lipinski definition) is 0. The van der Waals surface area contributed by atoms with Gasteiger partial charge in [0.2, 0.25) is 0 Å². The van der Waals surface area contributed by atoms with Gasteiger partial charge < -0.3 is 9.41 Å². The Labute approximate surface area is 232 Å². The van der Waals surface area contributed by atoms with Crippen LogP contribution in [-0.2, 0) is 19.2 Å². The van der Waals surface area contributed by atoms with Gasteiger partial charge in [0.15, 0.2) is 0 Å². The number of hydrogen-bond acceptors (Lipinski definition) is 0. The summed E-state index contributed by atoms with van der Waals surface area (Å²) in [5.74, 6) is 0. The summed E-state index contributed by atoms with van der Waals surface area (Å²) >= 11 is -0.443. The van der Waals surface area contributed by atoms with Crippen LogP contribution < -0.4 is 20.0 Å². The van der Waals surface area contributed by atoms with Crippen LogP contribution in [0.3, 0.4) is 0 Å². The van der Waals surface area contributed by atoms with Crippen molar-refractivity contribution in [1.29, 1.82) is 0 Å². The van der Waals surface area contributed by atoms with Crippen LogP contribution in [0.2, 0.25) is 0 Å². The molecule has 0 radical (unpaired) electrons. The van der Waals surface area contributed by atoms with Gasteiger partial charge in [-0.3, -0.25) is 0 Å². The Kier molecular flexibility index (Phi) is 7.86. The Hall–Kier alpha value is -3.16. The Morgan fingerprint density at radius 3 is 1.45 bits per heavy atom. The molecule has 0 saturated heterocycles. The summed E-state index contributed by atoms with van der Waals surface area (Å²) in [7, 11) is -0.600. The maximum absolute atomic E-state index is 2.54. The number of halogens is 2. The van der Waals surface area contributed by atoms with Gasteiger partial charge in [-0.2, -0.15) is 0 Å². The molecular weight excluding hydrogens is 525 g/mol. The molecule has 1 unspecified atom stereocenters. The zero-order valence-electron chi connectivity index (χ0n) is 20.6. The SMILES string of the molecule is C1=C(P(c2ccccc2)c2ccccc2)[CH]([Ti+2][CH]2c3ccccc3-c3ccccc32)c2ccccc21.[F-].[F-]. The fraction of sp³-hybridized carbons (Fsp3) is 0.0588. The second-order valence-corrected chi connectivity index (χ2v) is 14.0. The van der Waals surface area contributed by atoms with Crippen molar-refractivity contribution in [2.24, 2.45) is 0 Å². The topological polar surface area (TPSA) is 0 Å². The van der Waals surface area contributed by atoms with Crippen LogP contribution in [0.4, 0.5) is 0 Å². The minimum Gasteiger partial charge on any atom is -1.00 e. The van der Waals surface area contributed by atoms with Gasteiger partial charge in [-0.05, 0) is 0 Å². The first-order valence-corrected chi connectivity index (χ1v) is 15.7. The van der Waals surface area contributed by atoms with Gasteiger partial charge >= 0.3 is 224 Å². The fourth-order valence-electron chi connectivity index (χ4n) is 5.78. The summed E-state index contributed by atoms with van der Waals surface area (Å²) in [6.07, 6.45) is 2.54. The minimum absolute atomic E-state index is 0. The Morgan fingerprint density at radius 1 is 0.447 bits per heavy atom. The van der Waals surface area contributed by atoms with Crippen LogP contribution in [0.15, 0.2) is 139 Å². The number of benzene rings is 5. The van der Waals surface area contributed by atoms with E-state index in [9.17, 15) is 0 Å². The van der Waals surface area contributed by atoms with Crippen molar-refractivity contribution in [3.63, 3.8) is 0 Å². The largest absolute Gasteiger partial charge is 1.00 e. The van der Waals surface area contributed by atoms with E-state index in [0.717, 1.165) is 0 Å². The van der Waals surface area contributed by atoms with Gasteiger partial charge in [0.05, 0.1) is 0 Å². The molecule has 4 heteroatoms. The van der Waals surface area contributed by atoms with Crippen molar-refractivity contribution in [2.45, 2.75) is 8.45 Å². The molecule has 0 bridgehead atoms. The molecule has 0 aliphatic heterocycles. The second-order valence-electron chi connectivity index (χ2n) is 9.41. The van der Waals surface area contributed by atoms with E-state index < -0.39 is 27.1 Å². The summed E-state index contributed by atoms with van der Waals surface area (Å²) in [6, 6.07) is 49.8. The van der Waals surface area contributed by atoms with Gasteiger partial charge in [-0.1, -0.05) is 0 Å². The maximum atomic E-state index is 2.54. The molecule has 0 N–H and O–H groups in total. The number of fused-ring (bicyclic) bond motifs is 4. The van der Waals surface area contributed by atoms with Crippen molar-refractivity contribution >= 4 is 24.6 Å². The third kappa shape index (κ3) is 4.52. The van der Waals surface area contributed by atoms with Gasteiger partial charge in [-0.25, -0.2) is 0 Å². The van der Waals surface area contributed by atoms with Gasteiger partial charge in [0, 0.05) is 0 Å². The van der Waals surface area contributed by atoms with E-state index >= 15 is 0 Å². The number of rotatable bonds is 5. The van der Waals surface area contributed by atoms with Crippen LogP contribution in [0, 0.1) is 0 Å². The van der Waals surface area contributed by atoms with E-state index in [1.54, 1.807) is 5.31 Å². The molecule has 0 heterocycles. The smallest absolute Gasteiger partial charge is 1.00 e. The van der Waals surface area contributed by atoms with Gasteiger partial charge in [0.1, 0.15) is 0 Å². The maximum Gasteiger partial charge on any atom is -1.00 e. The molecule has 38 heavy (non-hydrogen) atoms. The van der Waals surface area contributed by atoms with E-state index in [1.807, 2.05) is 0 Å². The fourth-order valence-corrected chi connectivity index (χ4v) is 12.1. The van der Waals surface area contributed by atoms with Crippen LogP contribution >= 0.6 is 7.92 Å². The van der Waals surface area contributed by atoms with Crippen molar-refractivity contribution in [1.82, 2.24) is 0 Å². The Balaban J connectivity index is 0.00000147. The van der Waals surface area contributed by atoms with Crippen LogP contribution in [0.5, 0.6) is 0 Å². The van der Waals surface area contributed by atoms with Crippen LogP contribution in [0.25, 0.3) is 17.2 Å². The molecule has 5 aromatic rings. The summed E-state index contributed by atoms with van der Waals surface area (Å²) in [5, 5.41) is 4.52. The van der Waals surface area contributed by atoms with Crippen molar-refractivity contribution in [3.05, 3.63) is 161 Å². The molecule has 0 nitrogen and oxygen atoms in total. The van der Waals surface area contributed by atoms with Gasteiger partial charge in [0.25, 0.3) is 0 Å². The molecule has 0 fully saturated rings. The predicted octanol–water partition coefficient (Wildman–Crippen LogP) is 2.08. The molecule has 0 saturated carbocycles. The van der Waals surface area contributed by atoms with E-state index in [0.29, 0.717) is 8.45 Å². The first kappa shape index (κ1) is 26.5. The van der Waals surface area contributed by atoms with Gasteiger partial charge in [-0.15, -0.1) is 0 Å². The standard InChI is InChI=1S/C21H16P.C13H9.2FH.Ti/c1-3-11-19(12-4-1)22(20-13-5-2-6-14-20)21-15-17-9-7-8-10-18(17)16-21;1-3-7-12-10(5-1)9-11-6-2-4-8-13(11)12;;;/h1-16H;1-9H;2*1H;/q;;;;+2/p-2. The molecule has 2 aliphatic carbocycles. The van der Waals surface area contributed by atoms with Crippen molar-refractivity contribution in [2.75, 3.05) is 0 Å². The average molecular weight is 550 g/mol. The monoisotopic (exact) mass is 550 g/mol. The molecule has 1 atom stereocenters. The molecule has 0 spiro atoms. The Morgan fingerprint density at radius 2 is 0.895 bits per heavy atom. The van der Waals surface area contributed by atoms with Crippen molar-refractivity contribution in [3.8, 4) is 11.1 Å². The van der Waals surface area contributed by atoms with Crippen LogP contribution in [-0.4, -0.2) is 0 Å². The first-order valence-electron chi connectivity index (χ1n) is 12.5. The average Bonchev–Trinajstić information content (AvgIpc) is 3.46. The molecule has 0 aromatic heterocycles. The summed E-state index contributed by atoms with van der Waals surface area (Å²) < 4.78 is 1.04. The zero-order chi connectivity index (χ0) is 23.9. The zero-order valence-corrected chi connectivity index (χ0v) is 23.1. The summed E-state index contributed by atoms with van der Waals surface area (Å²) in [6.45, 7) is 0. The molecular formula is C34H25F2PTi.